The summed E-state index contributed by atoms with van der Waals surface area (Å²) in [6.07, 6.45) is 6.19. The molecule has 12 heteroatoms. The zero-order valence-corrected chi connectivity index (χ0v) is 22.4. The minimum atomic E-state index is -0.940. The summed E-state index contributed by atoms with van der Waals surface area (Å²) >= 11 is 0. The second-order valence-corrected chi connectivity index (χ2v) is 10.1. The number of nitrogens with zero attached hydrogens (tertiary/aromatic N) is 7. The van der Waals surface area contributed by atoms with Gasteiger partial charge < -0.3 is 14.5 Å². The highest BCUT2D eigenvalue weighted by atomic mass is 19.1. The summed E-state index contributed by atoms with van der Waals surface area (Å²) in [7, 11) is 3.14. The number of likely N-dealkylation sites (N-methyl/N-ethyl adjacent to an activating group) is 1. The number of amides is 1. The molecule has 3 aromatic heterocycles. The molecule has 1 aliphatic carbocycles. The molecule has 6 rings (SSSR count). The minimum Gasteiger partial charge on any atom is -0.467 e. The molecule has 4 heterocycles. The molecule has 1 unspecified atom stereocenters. The van der Waals surface area contributed by atoms with Crippen LogP contribution in [-0.4, -0.2) is 69.2 Å². The Balaban J connectivity index is 1.31. The normalized spacial score (nSPS) is 17.2. The predicted molar refractivity (Wildman–Crippen MR) is 146 cm³/mol. The van der Waals surface area contributed by atoms with E-state index >= 15 is 4.39 Å². The van der Waals surface area contributed by atoms with Crippen LogP contribution in [0.3, 0.4) is 0 Å². The molecule has 0 spiro atoms. The first kappa shape index (κ1) is 26.6. The molecular weight excluding hydrogens is 535 g/mol. The molecule has 9 nitrogen and oxygen atoms in total. The van der Waals surface area contributed by atoms with Crippen LogP contribution in [0.4, 0.5) is 19.0 Å². The van der Waals surface area contributed by atoms with Crippen LogP contribution in [0.25, 0.3) is 28.2 Å². The van der Waals surface area contributed by atoms with Crippen LogP contribution in [-0.2, 0) is 4.79 Å². The number of fused-ring (bicyclic) bond motifs is 1. The molecule has 2 aliphatic rings. The van der Waals surface area contributed by atoms with Crippen molar-refractivity contribution in [2.75, 3.05) is 32.1 Å². The van der Waals surface area contributed by atoms with Crippen LogP contribution >= 0.6 is 0 Å². The maximum atomic E-state index is 16.1. The number of hydrogen-bond acceptors (Lipinski definition) is 8. The molecule has 210 valence electrons. The highest BCUT2D eigenvalue weighted by Gasteiger charge is 2.34. The number of pyridine rings is 1. The van der Waals surface area contributed by atoms with Crippen molar-refractivity contribution in [1.29, 1.82) is 0 Å². The van der Waals surface area contributed by atoms with Gasteiger partial charge in [-0.2, -0.15) is 20.2 Å². The molecule has 1 atom stereocenters. The van der Waals surface area contributed by atoms with E-state index in [0.717, 1.165) is 18.9 Å². The molecule has 0 radical (unpaired) electrons. The summed E-state index contributed by atoms with van der Waals surface area (Å²) < 4.78 is 50.8. The van der Waals surface area contributed by atoms with Gasteiger partial charge in [0.1, 0.15) is 22.8 Å². The molecule has 0 N–H and O–H groups in total. The topological polar surface area (TPSA) is 97.2 Å². The van der Waals surface area contributed by atoms with E-state index in [9.17, 15) is 13.6 Å². The van der Waals surface area contributed by atoms with E-state index in [4.69, 9.17) is 4.74 Å². The van der Waals surface area contributed by atoms with Gasteiger partial charge in [0.2, 0.25) is 0 Å². The van der Waals surface area contributed by atoms with Gasteiger partial charge >= 0.3 is 6.01 Å². The first-order valence-corrected chi connectivity index (χ1v) is 13.2. The number of hydrogen-bond donors (Lipinski definition) is 0. The van der Waals surface area contributed by atoms with Crippen molar-refractivity contribution in [3.8, 4) is 17.3 Å². The molecule has 1 saturated heterocycles. The average molecular weight is 562 g/mol. The number of carbonyl (C=O) groups is 1. The Morgan fingerprint density at radius 2 is 1.98 bits per heavy atom. The van der Waals surface area contributed by atoms with Crippen LogP contribution in [0, 0.1) is 11.6 Å². The Morgan fingerprint density at radius 3 is 2.71 bits per heavy atom. The third-order valence-electron chi connectivity index (χ3n) is 7.52. The maximum absolute atomic E-state index is 16.1. The van der Waals surface area contributed by atoms with Gasteiger partial charge in [-0.1, -0.05) is 12.1 Å². The molecular formula is C29H26F3N7O2. The fourth-order valence-corrected chi connectivity index (χ4v) is 5.25. The number of ether oxygens (including phenoxy) is 1. The summed E-state index contributed by atoms with van der Waals surface area (Å²) in [5.74, 6) is -2.39. The fourth-order valence-electron chi connectivity index (χ4n) is 5.25. The van der Waals surface area contributed by atoms with Crippen molar-refractivity contribution in [2.45, 2.75) is 31.2 Å². The minimum absolute atomic E-state index is 0.0104. The highest BCUT2D eigenvalue weighted by molar-refractivity contribution is 5.96. The van der Waals surface area contributed by atoms with Crippen LogP contribution in [0.15, 0.2) is 48.6 Å². The lowest BCUT2D eigenvalue weighted by molar-refractivity contribution is -0.127. The lowest BCUT2D eigenvalue weighted by atomic mass is 9.98. The van der Waals surface area contributed by atoms with Gasteiger partial charge in [0.15, 0.2) is 11.6 Å². The fraction of sp³-hybridized carbons (Fsp3) is 0.310. The smallest absolute Gasteiger partial charge is 0.318 e. The van der Waals surface area contributed by atoms with Crippen LogP contribution in [0.5, 0.6) is 6.01 Å². The SMILES string of the molecule is COc1nc(N(C)C2CCN(C(=O)/C(F)=C/c3cccnn3)C2)c2cnc(-c3cccc(F)c3C3CC3)c(F)c2n1. The second-order valence-electron chi connectivity index (χ2n) is 10.1. The maximum Gasteiger partial charge on any atom is 0.318 e. The van der Waals surface area contributed by atoms with Crippen molar-refractivity contribution < 1.29 is 22.7 Å². The molecule has 4 aromatic rings. The molecule has 1 aliphatic heterocycles. The van der Waals surface area contributed by atoms with Gasteiger partial charge in [0, 0.05) is 55.8 Å². The summed E-state index contributed by atoms with van der Waals surface area (Å²) in [4.78, 5) is 29.1. The van der Waals surface area contributed by atoms with Gasteiger partial charge in [-0.05, 0) is 43.4 Å². The van der Waals surface area contributed by atoms with E-state index in [0.29, 0.717) is 35.3 Å². The quantitative estimate of drug-likeness (QED) is 0.300. The molecule has 1 aromatic carbocycles. The average Bonchev–Trinajstić information content (AvgIpc) is 3.71. The number of anilines is 1. The van der Waals surface area contributed by atoms with Crippen LogP contribution in [0.2, 0.25) is 0 Å². The van der Waals surface area contributed by atoms with E-state index in [1.165, 1.54) is 30.5 Å². The lowest BCUT2D eigenvalue weighted by Crippen LogP contribution is -2.37. The zero-order valence-electron chi connectivity index (χ0n) is 22.4. The molecule has 2 fully saturated rings. The number of methoxy groups -OCH3 is 1. The van der Waals surface area contributed by atoms with Crippen molar-refractivity contribution in [3.05, 3.63) is 71.4 Å². The zero-order chi connectivity index (χ0) is 28.7. The van der Waals surface area contributed by atoms with Gasteiger partial charge in [0.25, 0.3) is 5.91 Å². The first-order valence-electron chi connectivity index (χ1n) is 13.2. The summed E-state index contributed by atoms with van der Waals surface area (Å²) in [5.41, 5.74) is 1.10. The van der Waals surface area contributed by atoms with Crippen LogP contribution < -0.4 is 9.64 Å². The highest BCUT2D eigenvalue weighted by Crippen LogP contribution is 2.46. The Hall–Kier alpha value is -4.61. The summed E-state index contributed by atoms with van der Waals surface area (Å²) in [6.45, 7) is 0.531. The van der Waals surface area contributed by atoms with Gasteiger partial charge in [-0.3, -0.25) is 9.78 Å². The Kier molecular flexibility index (Phi) is 6.98. The Morgan fingerprint density at radius 1 is 1.15 bits per heavy atom. The Labute approximate surface area is 233 Å². The van der Waals surface area contributed by atoms with Crippen molar-refractivity contribution in [1.82, 2.24) is 30.0 Å². The van der Waals surface area contributed by atoms with E-state index in [1.807, 2.05) is 0 Å². The lowest BCUT2D eigenvalue weighted by Gasteiger charge is -2.27. The third-order valence-corrected chi connectivity index (χ3v) is 7.52. The monoisotopic (exact) mass is 561 g/mol. The largest absolute Gasteiger partial charge is 0.467 e. The number of likely N-dealkylation sites (tertiary alicyclic amines) is 1. The van der Waals surface area contributed by atoms with E-state index in [2.05, 4.69) is 25.1 Å². The number of halogens is 3. The first-order chi connectivity index (χ1) is 19.9. The number of aromatic nitrogens is 5. The Bertz CT molecular complexity index is 1660. The van der Waals surface area contributed by atoms with Crippen molar-refractivity contribution in [2.24, 2.45) is 0 Å². The molecule has 1 saturated carbocycles. The van der Waals surface area contributed by atoms with Gasteiger partial charge in [0.05, 0.1) is 18.2 Å². The van der Waals surface area contributed by atoms with Crippen molar-refractivity contribution in [3.63, 3.8) is 0 Å². The molecule has 41 heavy (non-hydrogen) atoms. The third kappa shape index (κ3) is 5.05. The molecule has 0 bridgehead atoms. The number of carbonyl (C=O) groups excluding carboxylic acids is 1. The molecule has 1 amide bonds. The van der Waals surface area contributed by atoms with E-state index in [-0.39, 0.29) is 47.2 Å². The summed E-state index contributed by atoms with van der Waals surface area (Å²) in [6, 6.07) is 7.43. The number of benzene rings is 1. The van der Waals surface area contributed by atoms with Gasteiger partial charge in [-0.15, -0.1) is 0 Å². The number of rotatable bonds is 7. The van der Waals surface area contributed by atoms with Crippen molar-refractivity contribution >= 4 is 28.7 Å². The summed E-state index contributed by atoms with van der Waals surface area (Å²) in [5, 5.41) is 7.80. The standard InChI is InChI=1S/C29H26F3N7O2/c1-38(18-10-12-39(15-18)28(40)22(31)13-17-5-4-11-34-37-17)27-20-14-33-25(24(32)26(20)35-29(36-27)41-2)19-6-3-7-21(30)23(19)16-8-9-16/h3-7,11,13-14,16,18H,8-10,12,15H2,1-2H3/b22-13-. The van der Waals surface area contributed by atoms with Gasteiger partial charge in [-0.25, -0.2) is 13.2 Å². The second kappa shape index (κ2) is 10.8. The predicted octanol–water partition coefficient (Wildman–Crippen LogP) is 4.69. The van der Waals surface area contributed by atoms with Crippen LogP contribution in [0.1, 0.15) is 36.4 Å². The van der Waals surface area contributed by atoms with E-state index < -0.39 is 17.6 Å². The van der Waals surface area contributed by atoms with E-state index in [1.54, 1.807) is 36.2 Å².